The molecule has 0 fully saturated rings. The number of nitrogens with zero attached hydrogens (tertiary/aromatic N) is 4. The van der Waals surface area contributed by atoms with Crippen LogP contribution in [0.5, 0.6) is 0 Å². The van der Waals surface area contributed by atoms with Crippen LogP contribution in [0.1, 0.15) is 0 Å². The molecule has 36 heavy (non-hydrogen) atoms. The summed E-state index contributed by atoms with van der Waals surface area (Å²) in [5.74, 6) is 0.852. The first-order valence-electron chi connectivity index (χ1n) is 12.1. The third-order valence-corrected chi connectivity index (χ3v) is 7.26. The highest BCUT2D eigenvalue weighted by atomic mass is 15.2. The molecule has 8 aromatic rings. The van der Waals surface area contributed by atoms with Crippen molar-refractivity contribution in [2.45, 2.75) is 0 Å². The highest BCUT2D eigenvalue weighted by Crippen LogP contribution is 2.39. The predicted molar refractivity (Wildman–Crippen MR) is 148 cm³/mol. The van der Waals surface area contributed by atoms with Crippen LogP contribution in [0.2, 0.25) is 0 Å². The number of benzene rings is 5. The summed E-state index contributed by atoms with van der Waals surface area (Å²) in [6.45, 7) is 0. The molecule has 0 spiro atoms. The molecular weight excluding hydrogens is 440 g/mol. The second-order valence-electron chi connectivity index (χ2n) is 9.22. The second-order valence-corrected chi connectivity index (χ2v) is 9.22. The molecule has 0 atom stereocenters. The van der Waals surface area contributed by atoms with Crippen molar-refractivity contribution in [3.63, 3.8) is 0 Å². The molecule has 0 aliphatic carbocycles. The minimum atomic E-state index is 0.852. The van der Waals surface area contributed by atoms with E-state index in [9.17, 15) is 0 Å². The third kappa shape index (κ3) is 2.64. The van der Waals surface area contributed by atoms with Gasteiger partial charge in [0.05, 0.1) is 22.7 Å². The van der Waals surface area contributed by atoms with Gasteiger partial charge in [0.1, 0.15) is 0 Å². The lowest BCUT2D eigenvalue weighted by Crippen LogP contribution is -2.00. The van der Waals surface area contributed by atoms with Crippen molar-refractivity contribution < 1.29 is 0 Å². The molecule has 3 heterocycles. The molecule has 0 saturated heterocycles. The van der Waals surface area contributed by atoms with Crippen LogP contribution in [0, 0.1) is 0 Å². The predicted octanol–water partition coefficient (Wildman–Crippen LogP) is 7.82. The van der Waals surface area contributed by atoms with E-state index in [0.29, 0.717) is 0 Å². The standard InChI is InChI=1S/C32H20N4/c1-2-9-24(10-3-1)35-17-16-22-18-21-14-15-27-26-12-6-7-13-29(26)36(31(27)28(21)19-30(22)35)32-25-11-5-4-8-23(25)20-33-34-32/h1-20H. The van der Waals surface area contributed by atoms with Gasteiger partial charge in [0.15, 0.2) is 5.82 Å². The average molecular weight is 461 g/mol. The number of rotatable bonds is 2. The monoisotopic (exact) mass is 460 g/mol. The molecule has 0 bridgehead atoms. The van der Waals surface area contributed by atoms with E-state index >= 15 is 0 Å². The summed E-state index contributed by atoms with van der Waals surface area (Å²) in [5, 5.41) is 17.3. The van der Waals surface area contributed by atoms with Crippen LogP contribution in [0.3, 0.4) is 0 Å². The quantitative estimate of drug-likeness (QED) is 0.264. The fraction of sp³-hybridized carbons (Fsp3) is 0. The molecule has 5 aromatic carbocycles. The zero-order valence-electron chi connectivity index (χ0n) is 19.3. The number of hydrogen-bond acceptors (Lipinski definition) is 2. The number of hydrogen-bond donors (Lipinski definition) is 0. The van der Waals surface area contributed by atoms with Gasteiger partial charge in [-0.2, -0.15) is 5.10 Å². The van der Waals surface area contributed by atoms with Gasteiger partial charge in [0.25, 0.3) is 0 Å². The topological polar surface area (TPSA) is 35.6 Å². The lowest BCUT2D eigenvalue weighted by Gasteiger charge is -2.12. The fourth-order valence-corrected chi connectivity index (χ4v) is 5.63. The van der Waals surface area contributed by atoms with E-state index in [2.05, 4.69) is 129 Å². The SMILES string of the molecule is c1ccc(-n2ccc3cc4ccc5c6ccccc6n(-c6nncc7ccccc67)c5c4cc32)cc1. The summed E-state index contributed by atoms with van der Waals surface area (Å²) < 4.78 is 4.56. The van der Waals surface area contributed by atoms with E-state index in [0.717, 1.165) is 33.3 Å². The fourth-order valence-electron chi connectivity index (χ4n) is 5.63. The zero-order chi connectivity index (χ0) is 23.6. The van der Waals surface area contributed by atoms with Crippen molar-refractivity contribution in [1.82, 2.24) is 19.3 Å². The van der Waals surface area contributed by atoms with Crippen molar-refractivity contribution in [1.29, 1.82) is 0 Å². The van der Waals surface area contributed by atoms with Crippen LogP contribution in [-0.2, 0) is 0 Å². The Balaban J connectivity index is 1.57. The molecular formula is C32H20N4. The Kier molecular flexibility index (Phi) is 3.91. The second kappa shape index (κ2) is 7.27. The summed E-state index contributed by atoms with van der Waals surface area (Å²) in [5.41, 5.74) is 4.62. The summed E-state index contributed by atoms with van der Waals surface area (Å²) in [6, 6.07) is 38.7. The number of fused-ring (bicyclic) bond motifs is 7. The van der Waals surface area contributed by atoms with Crippen LogP contribution in [-0.4, -0.2) is 19.3 Å². The van der Waals surface area contributed by atoms with Gasteiger partial charge in [-0.15, -0.1) is 5.10 Å². The first-order chi connectivity index (χ1) is 17.9. The largest absolute Gasteiger partial charge is 0.317 e. The van der Waals surface area contributed by atoms with Crippen LogP contribution in [0.25, 0.3) is 65.8 Å². The van der Waals surface area contributed by atoms with Gasteiger partial charge in [0, 0.05) is 44.2 Å². The van der Waals surface area contributed by atoms with E-state index in [1.807, 2.05) is 12.3 Å². The molecule has 0 amide bonds. The molecule has 4 nitrogen and oxygen atoms in total. The zero-order valence-corrected chi connectivity index (χ0v) is 19.3. The minimum Gasteiger partial charge on any atom is -0.317 e. The van der Waals surface area contributed by atoms with Gasteiger partial charge >= 0.3 is 0 Å². The molecule has 0 unspecified atom stereocenters. The van der Waals surface area contributed by atoms with Gasteiger partial charge in [-0.1, -0.05) is 72.8 Å². The molecule has 0 radical (unpaired) electrons. The molecule has 0 aliphatic rings. The van der Waals surface area contributed by atoms with E-state index < -0.39 is 0 Å². The lowest BCUT2D eigenvalue weighted by molar-refractivity contribution is 0.973. The maximum atomic E-state index is 4.68. The van der Waals surface area contributed by atoms with E-state index in [-0.39, 0.29) is 0 Å². The van der Waals surface area contributed by atoms with E-state index in [4.69, 9.17) is 0 Å². The Bertz CT molecular complexity index is 2090. The lowest BCUT2D eigenvalue weighted by atomic mass is 10.0. The first kappa shape index (κ1) is 19.4. The van der Waals surface area contributed by atoms with Crippen molar-refractivity contribution in [2.24, 2.45) is 0 Å². The first-order valence-corrected chi connectivity index (χ1v) is 12.1. The van der Waals surface area contributed by atoms with Crippen LogP contribution in [0.15, 0.2) is 122 Å². The summed E-state index contributed by atoms with van der Waals surface area (Å²) in [7, 11) is 0. The van der Waals surface area contributed by atoms with Crippen molar-refractivity contribution in [3.8, 4) is 11.5 Å². The Morgan fingerprint density at radius 1 is 0.528 bits per heavy atom. The van der Waals surface area contributed by atoms with E-state index in [1.54, 1.807) is 0 Å². The molecule has 0 saturated carbocycles. The molecule has 4 heteroatoms. The van der Waals surface area contributed by atoms with Gasteiger partial charge < -0.3 is 4.57 Å². The van der Waals surface area contributed by atoms with Gasteiger partial charge in [0.2, 0.25) is 0 Å². The molecule has 8 rings (SSSR count). The van der Waals surface area contributed by atoms with Gasteiger partial charge in [-0.3, -0.25) is 4.57 Å². The van der Waals surface area contributed by atoms with Crippen LogP contribution >= 0.6 is 0 Å². The maximum absolute atomic E-state index is 4.68. The molecule has 0 aliphatic heterocycles. The normalized spacial score (nSPS) is 11.9. The van der Waals surface area contributed by atoms with Crippen LogP contribution in [0.4, 0.5) is 0 Å². The summed E-state index contributed by atoms with van der Waals surface area (Å²) in [6.07, 6.45) is 3.99. The molecule has 0 N–H and O–H groups in total. The Labute approximate surface area is 206 Å². The van der Waals surface area contributed by atoms with Crippen molar-refractivity contribution in [3.05, 3.63) is 122 Å². The third-order valence-electron chi connectivity index (χ3n) is 7.26. The van der Waals surface area contributed by atoms with Gasteiger partial charge in [-0.05, 0) is 41.8 Å². The summed E-state index contributed by atoms with van der Waals surface area (Å²) >= 11 is 0. The highest BCUT2D eigenvalue weighted by Gasteiger charge is 2.18. The highest BCUT2D eigenvalue weighted by molar-refractivity contribution is 6.20. The summed E-state index contributed by atoms with van der Waals surface area (Å²) in [4.78, 5) is 0. The average Bonchev–Trinajstić information content (AvgIpc) is 3.51. The number of para-hydroxylation sites is 2. The maximum Gasteiger partial charge on any atom is 0.168 e. The minimum absolute atomic E-state index is 0.852. The molecule has 3 aromatic heterocycles. The van der Waals surface area contributed by atoms with Crippen molar-refractivity contribution in [2.75, 3.05) is 0 Å². The van der Waals surface area contributed by atoms with E-state index in [1.165, 1.54) is 32.4 Å². The Morgan fingerprint density at radius 2 is 1.33 bits per heavy atom. The molecule has 168 valence electrons. The van der Waals surface area contributed by atoms with Crippen molar-refractivity contribution >= 4 is 54.3 Å². The number of aromatic nitrogens is 4. The Morgan fingerprint density at radius 3 is 2.25 bits per heavy atom. The smallest absolute Gasteiger partial charge is 0.168 e. The Hall–Kier alpha value is -4.96. The van der Waals surface area contributed by atoms with Crippen LogP contribution < -0.4 is 0 Å². The van der Waals surface area contributed by atoms with Gasteiger partial charge in [-0.25, -0.2) is 0 Å².